The minimum atomic E-state index is -3.87. The van der Waals surface area contributed by atoms with Gasteiger partial charge in [0.15, 0.2) is 0 Å². The number of benzene rings is 2. The summed E-state index contributed by atoms with van der Waals surface area (Å²) in [7, 11) is -3.87. The molecule has 0 radical (unpaired) electrons. The number of carbonyl (C=O) groups excluding carboxylic acids is 2. The van der Waals surface area contributed by atoms with Gasteiger partial charge in [-0.25, -0.2) is 8.42 Å². The molecule has 1 N–H and O–H groups in total. The van der Waals surface area contributed by atoms with Crippen LogP contribution in [0.1, 0.15) is 38.3 Å². The summed E-state index contributed by atoms with van der Waals surface area (Å²) in [5.74, 6) is -0.713. The molecule has 1 atom stereocenters. The fourth-order valence-electron chi connectivity index (χ4n) is 3.66. The van der Waals surface area contributed by atoms with Crippen LogP contribution in [0.3, 0.4) is 0 Å². The van der Waals surface area contributed by atoms with Crippen molar-refractivity contribution in [3.63, 3.8) is 0 Å². The number of sulfonamides is 1. The lowest BCUT2D eigenvalue weighted by atomic mass is 10.1. The molecule has 2 aromatic rings. The van der Waals surface area contributed by atoms with Crippen LogP contribution in [-0.4, -0.2) is 50.5 Å². The van der Waals surface area contributed by atoms with Gasteiger partial charge < -0.3 is 10.2 Å². The summed E-state index contributed by atoms with van der Waals surface area (Å²) in [6, 6.07) is 8.93. The predicted molar refractivity (Wildman–Crippen MR) is 147 cm³/mol. The molecule has 1 unspecified atom stereocenters. The third-order valence-corrected chi connectivity index (χ3v) is 7.89. The molecule has 7 nitrogen and oxygen atoms in total. The molecule has 0 aliphatic rings. The van der Waals surface area contributed by atoms with Gasteiger partial charge in [-0.15, -0.1) is 0 Å². The topological polar surface area (TPSA) is 86.8 Å². The quantitative estimate of drug-likeness (QED) is 0.393. The first-order valence-electron chi connectivity index (χ1n) is 11.5. The molecule has 0 spiro atoms. The van der Waals surface area contributed by atoms with E-state index in [0.29, 0.717) is 39.2 Å². The molecule has 2 aromatic carbocycles. The Hall–Kier alpha value is -2.00. The van der Waals surface area contributed by atoms with Crippen LogP contribution >= 0.6 is 34.8 Å². The molecule has 2 rings (SSSR count). The summed E-state index contributed by atoms with van der Waals surface area (Å²) >= 11 is 19.0. The lowest BCUT2D eigenvalue weighted by Crippen LogP contribution is -2.52. The van der Waals surface area contributed by atoms with Crippen LogP contribution in [0.4, 0.5) is 5.69 Å². The summed E-state index contributed by atoms with van der Waals surface area (Å²) in [6.45, 7) is 7.21. The maximum absolute atomic E-state index is 13.8. The number of hydrogen-bond acceptors (Lipinski definition) is 4. The maximum atomic E-state index is 13.8. The molecule has 0 bridgehead atoms. The fraction of sp³-hybridized carbons (Fsp3) is 0.440. The van der Waals surface area contributed by atoms with Crippen molar-refractivity contribution in [1.82, 2.24) is 10.2 Å². The van der Waals surface area contributed by atoms with Gasteiger partial charge in [0.2, 0.25) is 21.8 Å². The number of hydrogen-bond donors (Lipinski definition) is 1. The van der Waals surface area contributed by atoms with Crippen molar-refractivity contribution in [3.05, 3.63) is 62.6 Å². The Morgan fingerprint density at radius 3 is 2.08 bits per heavy atom. The number of nitrogens with zero attached hydrogens (tertiary/aromatic N) is 2. The van der Waals surface area contributed by atoms with E-state index in [-0.39, 0.29) is 24.1 Å². The normalized spacial score (nSPS) is 12.4. The summed E-state index contributed by atoms with van der Waals surface area (Å²) in [5.41, 5.74) is 1.26. The van der Waals surface area contributed by atoms with Crippen molar-refractivity contribution >= 4 is 62.3 Å². The zero-order chi connectivity index (χ0) is 27.2. The highest BCUT2D eigenvalue weighted by atomic mass is 35.5. The maximum Gasteiger partial charge on any atom is 0.244 e. The fourth-order valence-corrected chi connectivity index (χ4v) is 5.24. The molecule has 0 heterocycles. The Bertz CT molecular complexity index is 1180. The third kappa shape index (κ3) is 7.75. The smallest absolute Gasteiger partial charge is 0.244 e. The van der Waals surface area contributed by atoms with Gasteiger partial charge in [-0.2, -0.15) is 0 Å². The second kappa shape index (κ2) is 13.0. The Kier molecular flexibility index (Phi) is 10.9. The summed E-state index contributed by atoms with van der Waals surface area (Å²) < 4.78 is 26.5. The predicted octanol–water partition coefficient (Wildman–Crippen LogP) is 5.30. The number of carbonyl (C=O) groups is 2. The molecule has 0 aromatic heterocycles. The van der Waals surface area contributed by atoms with Crippen LogP contribution in [0, 0.1) is 12.8 Å². The average molecular weight is 577 g/mol. The second-order valence-electron chi connectivity index (χ2n) is 8.94. The van der Waals surface area contributed by atoms with Gasteiger partial charge in [-0.3, -0.25) is 13.9 Å². The molecule has 0 saturated carbocycles. The molecule has 11 heteroatoms. The first kappa shape index (κ1) is 30.2. The Labute approximate surface area is 228 Å². The Balaban J connectivity index is 2.53. The van der Waals surface area contributed by atoms with Crippen LogP contribution in [0.25, 0.3) is 0 Å². The summed E-state index contributed by atoms with van der Waals surface area (Å²) in [6.07, 6.45) is 1.31. The SMILES string of the molecule is CCC(C(=O)NCC(C)C)N(Cc1c(Cl)cccc1Cl)C(=O)CN(c1cccc(Cl)c1C)S(C)(=O)=O. The minimum Gasteiger partial charge on any atom is -0.354 e. The van der Waals surface area contributed by atoms with E-state index in [9.17, 15) is 18.0 Å². The van der Waals surface area contributed by atoms with Gasteiger partial charge in [-0.05, 0) is 49.1 Å². The average Bonchev–Trinajstić information content (AvgIpc) is 2.79. The van der Waals surface area contributed by atoms with Crippen molar-refractivity contribution < 1.29 is 18.0 Å². The second-order valence-corrected chi connectivity index (χ2v) is 12.1. The first-order chi connectivity index (χ1) is 16.8. The van der Waals surface area contributed by atoms with Gasteiger partial charge in [0.25, 0.3) is 0 Å². The van der Waals surface area contributed by atoms with Crippen molar-refractivity contribution in [2.45, 2.75) is 46.7 Å². The highest BCUT2D eigenvalue weighted by Crippen LogP contribution is 2.30. The molecule has 0 saturated heterocycles. The lowest BCUT2D eigenvalue weighted by molar-refractivity contribution is -0.140. The van der Waals surface area contributed by atoms with Crippen molar-refractivity contribution in [3.8, 4) is 0 Å². The zero-order valence-corrected chi connectivity index (χ0v) is 24.1. The number of anilines is 1. The lowest BCUT2D eigenvalue weighted by Gasteiger charge is -2.33. The standard InChI is InChI=1S/C25H32Cl3N3O4S/c1-6-22(25(33)29-13-16(2)3)30(14-18-20(27)10-7-11-21(18)28)24(32)15-31(36(5,34)35)23-12-8-9-19(26)17(23)4/h7-12,16,22H,6,13-15H2,1-5H3,(H,29,33). The molecule has 198 valence electrons. The third-order valence-electron chi connectivity index (χ3n) is 5.65. The first-order valence-corrected chi connectivity index (χ1v) is 14.5. The molecule has 2 amide bonds. The summed E-state index contributed by atoms with van der Waals surface area (Å²) in [4.78, 5) is 28.2. The van der Waals surface area contributed by atoms with E-state index in [1.54, 1.807) is 50.2 Å². The highest BCUT2D eigenvalue weighted by molar-refractivity contribution is 7.92. The summed E-state index contributed by atoms with van der Waals surface area (Å²) in [5, 5.41) is 3.91. The van der Waals surface area contributed by atoms with Crippen molar-refractivity contribution in [1.29, 1.82) is 0 Å². The van der Waals surface area contributed by atoms with Crippen molar-refractivity contribution in [2.24, 2.45) is 5.92 Å². The van der Waals surface area contributed by atoms with Crippen molar-refractivity contribution in [2.75, 3.05) is 23.7 Å². The van der Waals surface area contributed by atoms with Crippen LogP contribution < -0.4 is 9.62 Å². The Morgan fingerprint density at radius 1 is 1.00 bits per heavy atom. The minimum absolute atomic E-state index is 0.0723. The van der Waals surface area contributed by atoms with Gasteiger partial charge >= 0.3 is 0 Å². The van der Waals surface area contributed by atoms with E-state index in [0.717, 1.165) is 10.6 Å². The van der Waals surface area contributed by atoms with Crippen LogP contribution in [0.5, 0.6) is 0 Å². The number of amides is 2. The molecular weight excluding hydrogens is 545 g/mol. The van der Waals surface area contributed by atoms with E-state index in [1.807, 2.05) is 13.8 Å². The molecular formula is C25H32Cl3N3O4S. The monoisotopic (exact) mass is 575 g/mol. The van der Waals surface area contributed by atoms with E-state index >= 15 is 0 Å². The zero-order valence-electron chi connectivity index (χ0n) is 21.0. The van der Waals surface area contributed by atoms with E-state index in [2.05, 4.69) is 5.32 Å². The number of halogens is 3. The van der Waals surface area contributed by atoms with Crippen LogP contribution in [0.15, 0.2) is 36.4 Å². The van der Waals surface area contributed by atoms with Gasteiger partial charge in [-0.1, -0.05) is 67.7 Å². The van der Waals surface area contributed by atoms with Gasteiger partial charge in [0.1, 0.15) is 12.6 Å². The molecule has 0 aliphatic heterocycles. The number of nitrogens with one attached hydrogen (secondary N) is 1. The molecule has 0 fully saturated rings. The van der Waals surface area contributed by atoms with E-state index < -0.39 is 28.5 Å². The highest BCUT2D eigenvalue weighted by Gasteiger charge is 2.33. The Morgan fingerprint density at radius 2 is 1.56 bits per heavy atom. The van der Waals surface area contributed by atoms with E-state index in [4.69, 9.17) is 34.8 Å². The van der Waals surface area contributed by atoms with Gasteiger partial charge in [0.05, 0.1) is 11.9 Å². The van der Waals surface area contributed by atoms with Crippen LogP contribution in [-0.2, 0) is 26.2 Å². The van der Waals surface area contributed by atoms with Gasteiger partial charge in [0, 0.05) is 33.7 Å². The molecule has 36 heavy (non-hydrogen) atoms. The number of rotatable bonds is 11. The van der Waals surface area contributed by atoms with Crippen LogP contribution in [0.2, 0.25) is 15.1 Å². The van der Waals surface area contributed by atoms with E-state index in [1.165, 1.54) is 4.90 Å². The molecule has 0 aliphatic carbocycles. The largest absolute Gasteiger partial charge is 0.354 e.